The van der Waals surface area contributed by atoms with Crippen LogP contribution in [0.1, 0.15) is 36.0 Å². The molecular formula is C13H15F3N2O. The molecular weight excluding hydrogens is 257 g/mol. The minimum Gasteiger partial charge on any atom is -0.349 e. The van der Waals surface area contributed by atoms with Crippen molar-refractivity contribution in [2.45, 2.75) is 37.9 Å². The molecule has 0 bridgehead atoms. The summed E-state index contributed by atoms with van der Waals surface area (Å²) in [5.74, 6) is -1.93. The largest absolute Gasteiger partial charge is 0.393 e. The van der Waals surface area contributed by atoms with Crippen LogP contribution in [-0.4, -0.2) is 23.1 Å². The minimum absolute atomic E-state index is 0.0848. The highest BCUT2D eigenvalue weighted by atomic mass is 19.4. The van der Waals surface area contributed by atoms with E-state index in [1.165, 1.54) is 18.5 Å². The molecule has 0 aliphatic heterocycles. The van der Waals surface area contributed by atoms with E-state index in [4.69, 9.17) is 0 Å². The van der Waals surface area contributed by atoms with E-state index in [1.807, 2.05) is 0 Å². The fourth-order valence-electron chi connectivity index (χ4n) is 2.44. The third kappa shape index (κ3) is 3.45. The van der Waals surface area contributed by atoms with Crippen molar-refractivity contribution in [3.05, 3.63) is 30.1 Å². The Labute approximate surface area is 109 Å². The third-order valence-electron chi connectivity index (χ3n) is 3.43. The van der Waals surface area contributed by atoms with Gasteiger partial charge in [0.2, 0.25) is 0 Å². The van der Waals surface area contributed by atoms with E-state index in [0.717, 1.165) is 0 Å². The molecule has 1 aromatic heterocycles. The zero-order chi connectivity index (χ0) is 13.9. The van der Waals surface area contributed by atoms with Crippen LogP contribution in [-0.2, 0) is 0 Å². The molecule has 104 valence electrons. The third-order valence-corrected chi connectivity index (χ3v) is 3.43. The van der Waals surface area contributed by atoms with Crippen molar-refractivity contribution >= 4 is 5.91 Å². The molecule has 1 aliphatic carbocycles. The van der Waals surface area contributed by atoms with E-state index in [1.54, 1.807) is 6.07 Å². The average molecular weight is 272 g/mol. The number of pyridine rings is 1. The number of halogens is 3. The van der Waals surface area contributed by atoms with E-state index >= 15 is 0 Å². The first-order chi connectivity index (χ1) is 8.98. The van der Waals surface area contributed by atoms with Crippen LogP contribution in [0, 0.1) is 5.92 Å². The Morgan fingerprint density at radius 1 is 1.32 bits per heavy atom. The van der Waals surface area contributed by atoms with Crippen molar-refractivity contribution in [3.63, 3.8) is 0 Å². The Morgan fingerprint density at radius 3 is 2.68 bits per heavy atom. The highest BCUT2D eigenvalue weighted by Gasteiger charge is 2.45. The van der Waals surface area contributed by atoms with E-state index < -0.39 is 24.0 Å². The van der Waals surface area contributed by atoms with Crippen molar-refractivity contribution in [1.29, 1.82) is 0 Å². The second-order valence-electron chi connectivity index (χ2n) is 4.75. The fraction of sp³-hybridized carbons (Fsp3) is 0.538. The standard InChI is InChI=1S/C13H15F3N2O/c14-13(15,16)10-5-1-2-6-11(10)18-12(19)9-4-3-7-17-8-9/h3-4,7-8,10-11H,1-2,5-6H2,(H,18,19)/t10-,11+/m0/s1. The Bertz CT molecular complexity index is 433. The molecule has 1 aromatic rings. The van der Waals surface area contributed by atoms with Gasteiger partial charge >= 0.3 is 6.18 Å². The second kappa shape index (κ2) is 5.59. The van der Waals surface area contributed by atoms with Crippen molar-refractivity contribution in [2.24, 2.45) is 5.92 Å². The molecule has 0 saturated heterocycles. The van der Waals surface area contributed by atoms with E-state index in [0.29, 0.717) is 19.3 Å². The Hall–Kier alpha value is -1.59. The van der Waals surface area contributed by atoms with Gasteiger partial charge in [-0.3, -0.25) is 9.78 Å². The summed E-state index contributed by atoms with van der Waals surface area (Å²) in [5.41, 5.74) is 0.286. The van der Waals surface area contributed by atoms with Gasteiger partial charge in [-0.05, 0) is 25.0 Å². The zero-order valence-electron chi connectivity index (χ0n) is 10.3. The monoisotopic (exact) mass is 272 g/mol. The molecule has 0 spiro atoms. The Kier molecular flexibility index (Phi) is 4.07. The number of carbonyl (C=O) groups is 1. The maximum Gasteiger partial charge on any atom is 0.393 e. The topological polar surface area (TPSA) is 42.0 Å². The normalized spacial score (nSPS) is 23.9. The quantitative estimate of drug-likeness (QED) is 0.899. The van der Waals surface area contributed by atoms with Gasteiger partial charge in [0.15, 0.2) is 0 Å². The van der Waals surface area contributed by atoms with Gasteiger partial charge in [0.1, 0.15) is 0 Å². The summed E-state index contributed by atoms with van der Waals surface area (Å²) in [7, 11) is 0. The van der Waals surface area contributed by atoms with E-state index in [2.05, 4.69) is 10.3 Å². The number of nitrogens with zero attached hydrogens (tertiary/aromatic N) is 1. The molecule has 1 amide bonds. The lowest BCUT2D eigenvalue weighted by molar-refractivity contribution is -0.187. The van der Waals surface area contributed by atoms with Gasteiger partial charge in [0, 0.05) is 18.4 Å². The van der Waals surface area contributed by atoms with Gasteiger partial charge in [-0.1, -0.05) is 12.8 Å². The molecule has 1 fully saturated rings. The SMILES string of the molecule is O=C(N[C@@H]1CCCC[C@@H]1C(F)(F)F)c1cccnc1. The molecule has 1 saturated carbocycles. The van der Waals surface area contributed by atoms with Crippen molar-refractivity contribution in [3.8, 4) is 0 Å². The molecule has 0 unspecified atom stereocenters. The van der Waals surface area contributed by atoms with Crippen LogP contribution >= 0.6 is 0 Å². The lowest BCUT2D eigenvalue weighted by Crippen LogP contribution is -2.47. The summed E-state index contributed by atoms with van der Waals surface area (Å²) in [6.45, 7) is 0. The second-order valence-corrected chi connectivity index (χ2v) is 4.75. The molecule has 0 aromatic carbocycles. The Balaban J connectivity index is 2.06. The minimum atomic E-state index is -4.26. The predicted molar refractivity (Wildman–Crippen MR) is 63.5 cm³/mol. The summed E-state index contributed by atoms with van der Waals surface area (Å²) in [6, 6.07) is 2.28. The van der Waals surface area contributed by atoms with E-state index in [-0.39, 0.29) is 12.0 Å². The van der Waals surface area contributed by atoms with Crippen LogP contribution in [0.3, 0.4) is 0 Å². The van der Waals surface area contributed by atoms with Crippen LogP contribution in [0.15, 0.2) is 24.5 Å². The summed E-state index contributed by atoms with van der Waals surface area (Å²) in [5, 5.41) is 2.49. The molecule has 19 heavy (non-hydrogen) atoms. The Morgan fingerprint density at radius 2 is 2.05 bits per heavy atom. The number of amides is 1. The van der Waals surface area contributed by atoms with Crippen LogP contribution in [0.2, 0.25) is 0 Å². The molecule has 0 radical (unpaired) electrons. The van der Waals surface area contributed by atoms with E-state index in [9.17, 15) is 18.0 Å². The number of alkyl halides is 3. The first-order valence-electron chi connectivity index (χ1n) is 6.26. The number of hydrogen-bond donors (Lipinski definition) is 1. The summed E-state index contributed by atoms with van der Waals surface area (Å²) >= 11 is 0. The average Bonchev–Trinajstić information content (AvgIpc) is 2.39. The summed E-state index contributed by atoms with van der Waals surface area (Å²) in [4.78, 5) is 15.7. The number of carbonyl (C=O) groups excluding carboxylic acids is 1. The van der Waals surface area contributed by atoms with Crippen molar-refractivity contribution in [1.82, 2.24) is 10.3 Å². The fourth-order valence-corrected chi connectivity index (χ4v) is 2.44. The smallest absolute Gasteiger partial charge is 0.349 e. The number of nitrogens with one attached hydrogen (secondary N) is 1. The van der Waals surface area contributed by atoms with Crippen LogP contribution in [0.4, 0.5) is 13.2 Å². The maximum atomic E-state index is 12.9. The van der Waals surface area contributed by atoms with Crippen molar-refractivity contribution < 1.29 is 18.0 Å². The molecule has 6 heteroatoms. The van der Waals surface area contributed by atoms with Gasteiger partial charge in [0.05, 0.1) is 11.5 Å². The van der Waals surface area contributed by atoms with Crippen LogP contribution < -0.4 is 5.32 Å². The highest BCUT2D eigenvalue weighted by Crippen LogP contribution is 2.37. The van der Waals surface area contributed by atoms with Crippen LogP contribution in [0.25, 0.3) is 0 Å². The van der Waals surface area contributed by atoms with Gasteiger partial charge in [-0.15, -0.1) is 0 Å². The predicted octanol–water partition coefficient (Wildman–Crippen LogP) is 2.93. The number of rotatable bonds is 2. The van der Waals surface area contributed by atoms with Gasteiger partial charge in [-0.25, -0.2) is 0 Å². The lowest BCUT2D eigenvalue weighted by Gasteiger charge is -2.33. The number of aromatic nitrogens is 1. The van der Waals surface area contributed by atoms with Gasteiger partial charge in [0.25, 0.3) is 5.91 Å². The molecule has 1 N–H and O–H groups in total. The zero-order valence-corrected chi connectivity index (χ0v) is 10.3. The van der Waals surface area contributed by atoms with Crippen LogP contribution in [0.5, 0.6) is 0 Å². The number of hydrogen-bond acceptors (Lipinski definition) is 2. The highest BCUT2D eigenvalue weighted by molar-refractivity contribution is 5.94. The van der Waals surface area contributed by atoms with Gasteiger partial charge < -0.3 is 5.32 Å². The molecule has 1 aliphatic rings. The summed E-state index contributed by atoms with van der Waals surface area (Å²) < 4.78 is 38.6. The molecule has 2 rings (SSSR count). The lowest BCUT2D eigenvalue weighted by atomic mass is 9.84. The first kappa shape index (κ1) is 13.8. The first-order valence-corrected chi connectivity index (χ1v) is 6.26. The molecule has 1 heterocycles. The van der Waals surface area contributed by atoms with Crippen molar-refractivity contribution in [2.75, 3.05) is 0 Å². The maximum absolute atomic E-state index is 12.9. The molecule has 2 atom stereocenters. The molecule has 3 nitrogen and oxygen atoms in total. The summed E-state index contributed by atoms with van der Waals surface area (Å²) in [6.07, 6.45) is 0.329. The van der Waals surface area contributed by atoms with Gasteiger partial charge in [-0.2, -0.15) is 13.2 Å².